The van der Waals surface area contributed by atoms with Gasteiger partial charge in [-0.1, -0.05) is 0 Å². The molecule has 2 amide bonds. The number of amides is 2. The Hall–Kier alpha value is -2.11. The highest BCUT2D eigenvalue weighted by Gasteiger charge is 2.44. The minimum absolute atomic E-state index is 0.337. The summed E-state index contributed by atoms with van der Waals surface area (Å²) < 4.78 is 5.41. The van der Waals surface area contributed by atoms with Crippen molar-refractivity contribution in [3.05, 3.63) is 30.1 Å². The summed E-state index contributed by atoms with van der Waals surface area (Å²) in [5.41, 5.74) is 5.27. The van der Waals surface area contributed by atoms with Crippen LogP contribution in [-0.4, -0.2) is 69.3 Å². The van der Waals surface area contributed by atoms with Gasteiger partial charge < -0.3 is 25.4 Å². The summed E-state index contributed by atoms with van der Waals surface area (Å²) in [5.74, 6) is -0.937. The Morgan fingerprint density at radius 3 is 2.50 bits per heavy atom. The van der Waals surface area contributed by atoms with Gasteiger partial charge in [0, 0.05) is 24.9 Å². The Morgan fingerprint density at radius 2 is 1.92 bits per heavy atom. The van der Waals surface area contributed by atoms with Crippen molar-refractivity contribution in [1.82, 2.24) is 21.2 Å². The van der Waals surface area contributed by atoms with E-state index in [1.165, 1.54) is 31.5 Å². The molecule has 1 aromatic heterocycles. The minimum Gasteiger partial charge on any atom is -0.394 e. The van der Waals surface area contributed by atoms with Crippen molar-refractivity contribution >= 4 is 11.8 Å². The molecule has 2 rings (SSSR count). The normalized spacial score (nSPS) is 29.8. The van der Waals surface area contributed by atoms with E-state index in [4.69, 9.17) is 4.74 Å². The van der Waals surface area contributed by atoms with E-state index in [0.29, 0.717) is 5.56 Å². The van der Waals surface area contributed by atoms with E-state index in [-0.39, 0.29) is 0 Å². The molecular formula is C14H20N4O6. The van der Waals surface area contributed by atoms with E-state index in [2.05, 4.69) is 21.2 Å². The summed E-state index contributed by atoms with van der Waals surface area (Å²) >= 11 is 0. The van der Waals surface area contributed by atoms with Gasteiger partial charge >= 0.3 is 0 Å². The molecule has 0 spiro atoms. The first-order chi connectivity index (χ1) is 11.4. The number of carbonyl (C=O) groups excluding carboxylic acids is 2. The Labute approximate surface area is 137 Å². The number of hydrazine groups is 1. The molecule has 0 radical (unpaired) electrons. The third-order valence-corrected chi connectivity index (χ3v) is 3.57. The zero-order valence-electron chi connectivity index (χ0n) is 12.9. The number of pyridine rings is 1. The van der Waals surface area contributed by atoms with Crippen LogP contribution in [0.3, 0.4) is 0 Å². The number of hydrogen-bond acceptors (Lipinski definition) is 8. The quantitative estimate of drug-likeness (QED) is 0.316. The molecule has 0 unspecified atom stereocenters. The molecule has 132 valence electrons. The van der Waals surface area contributed by atoms with E-state index < -0.39 is 49.0 Å². The van der Waals surface area contributed by atoms with Gasteiger partial charge in [0.15, 0.2) is 0 Å². The lowest BCUT2D eigenvalue weighted by molar-refractivity contribution is -0.204. The predicted octanol–water partition coefficient (Wildman–Crippen LogP) is -2.74. The zero-order chi connectivity index (χ0) is 17.7. The first kappa shape index (κ1) is 18.2. The highest BCUT2D eigenvalue weighted by atomic mass is 16.5. The second-order valence-electron chi connectivity index (χ2n) is 5.32. The number of nitrogens with one attached hydrogen (secondary N) is 3. The van der Waals surface area contributed by atoms with Crippen LogP contribution in [0.5, 0.6) is 0 Å². The van der Waals surface area contributed by atoms with Gasteiger partial charge in [-0.2, -0.15) is 0 Å². The molecule has 1 fully saturated rings. The van der Waals surface area contributed by atoms with Gasteiger partial charge in [0.2, 0.25) is 5.91 Å². The van der Waals surface area contributed by atoms with Crippen molar-refractivity contribution in [2.24, 2.45) is 0 Å². The minimum atomic E-state index is -1.39. The Morgan fingerprint density at radius 1 is 1.25 bits per heavy atom. The number of ether oxygens (including phenoxy) is 1. The number of carbonyl (C=O) groups is 2. The molecule has 10 nitrogen and oxygen atoms in total. The summed E-state index contributed by atoms with van der Waals surface area (Å²) in [4.78, 5) is 27.1. The molecule has 0 saturated carbocycles. The van der Waals surface area contributed by atoms with Crippen LogP contribution in [0.2, 0.25) is 0 Å². The van der Waals surface area contributed by atoms with Crippen LogP contribution in [0.1, 0.15) is 17.3 Å². The van der Waals surface area contributed by atoms with Crippen LogP contribution in [0.15, 0.2) is 24.5 Å². The number of aliphatic hydroxyl groups is 3. The van der Waals surface area contributed by atoms with E-state index in [0.717, 1.165) is 0 Å². The average Bonchev–Trinajstić information content (AvgIpc) is 2.58. The largest absolute Gasteiger partial charge is 0.394 e. The Balaban J connectivity index is 2.06. The molecule has 5 atom stereocenters. The van der Waals surface area contributed by atoms with Gasteiger partial charge in [0.05, 0.1) is 12.6 Å². The molecule has 0 aromatic carbocycles. The first-order valence-corrected chi connectivity index (χ1v) is 7.29. The highest BCUT2D eigenvalue weighted by Crippen LogP contribution is 2.19. The molecule has 1 aliphatic rings. The molecule has 1 aliphatic heterocycles. The smallest absolute Gasteiger partial charge is 0.265 e. The zero-order valence-corrected chi connectivity index (χ0v) is 12.9. The predicted molar refractivity (Wildman–Crippen MR) is 80.2 cm³/mol. The highest BCUT2D eigenvalue weighted by molar-refractivity contribution is 5.93. The van der Waals surface area contributed by atoms with Crippen molar-refractivity contribution in [1.29, 1.82) is 0 Å². The standard InChI is InChI=1S/C14H20N4O6/c1-7(20)16-10-12(22)11(21)9(6-19)24-14(10)18-17-13(23)8-2-4-15-5-3-8/h2-5,9-12,14,18-19,21-22H,6H2,1H3,(H,16,20)(H,17,23)/t9-,10-,11-,12-,14+/m1/s1. The maximum atomic E-state index is 12.0. The SMILES string of the molecule is CC(=O)N[C@@H]1[C@@H](O)[C@H](O)[C@@H](CO)O[C@@H]1NNC(=O)c1ccncc1. The molecule has 24 heavy (non-hydrogen) atoms. The van der Waals surface area contributed by atoms with Crippen LogP contribution in [-0.2, 0) is 9.53 Å². The van der Waals surface area contributed by atoms with Gasteiger partial charge in [-0.15, -0.1) is 0 Å². The Kier molecular flexibility index (Phi) is 6.17. The summed E-state index contributed by atoms with van der Waals surface area (Å²) in [7, 11) is 0. The molecular weight excluding hydrogens is 320 g/mol. The fourth-order valence-electron chi connectivity index (χ4n) is 2.35. The maximum absolute atomic E-state index is 12.0. The molecule has 6 N–H and O–H groups in total. The van der Waals surface area contributed by atoms with Crippen molar-refractivity contribution in [3.8, 4) is 0 Å². The topological polar surface area (TPSA) is 153 Å². The van der Waals surface area contributed by atoms with Crippen molar-refractivity contribution in [2.75, 3.05) is 6.61 Å². The molecule has 0 aliphatic carbocycles. The molecule has 1 aromatic rings. The molecule has 10 heteroatoms. The van der Waals surface area contributed by atoms with Gasteiger partial charge in [0.25, 0.3) is 5.91 Å². The fourth-order valence-corrected chi connectivity index (χ4v) is 2.35. The molecule has 2 heterocycles. The maximum Gasteiger partial charge on any atom is 0.265 e. The van der Waals surface area contributed by atoms with Crippen molar-refractivity contribution < 1.29 is 29.6 Å². The van der Waals surface area contributed by atoms with Crippen molar-refractivity contribution in [3.63, 3.8) is 0 Å². The van der Waals surface area contributed by atoms with Crippen LogP contribution < -0.4 is 16.2 Å². The van der Waals surface area contributed by atoms with Gasteiger partial charge in [-0.25, -0.2) is 5.43 Å². The lowest BCUT2D eigenvalue weighted by Crippen LogP contribution is -2.69. The second kappa shape index (κ2) is 8.13. The number of hydrogen-bond donors (Lipinski definition) is 6. The average molecular weight is 340 g/mol. The number of aromatic nitrogens is 1. The van der Waals surface area contributed by atoms with Gasteiger partial charge in [0.1, 0.15) is 24.5 Å². The summed E-state index contributed by atoms with van der Waals surface area (Å²) in [6.07, 6.45) is -2.01. The van der Waals surface area contributed by atoms with E-state index in [9.17, 15) is 24.9 Å². The monoisotopic (exact) mass is 340 g/mol. The van der Waals surface area contributed by atoms with E-state index in [1.54, 1.807) is 0 Å². The number of rotatable bonds is 5. The lowest BCUT2D eigenvalue weighted by atomic mass is 9.96. The summed E-state index contributed by atoms with van der Waals surface area (Å²) in [6.45, 7) is 0.700. The van der Waals surface area contributed by atoms with E-state index >= 15 is 0 Å². The first-order valence-electron chi connectivity index (χ1n) is 7.29. The van der Waals surface area contributed by atoms with E-state index in [1.807, 2.05) is 0 Å². The third-order valence-electron chi connectivity index (χ3n) is 3.57. The van der Waals surface area contributed by atoms with Crippen LogP contribution >= 0.6 is 0 Å². The van der Waals surface area contributed by atoms with Crippen LogP contribution in [0.4, 0.5) is 0 Å². The fraction of sp³-hybridized carbons (Fsp3) is 0.500. The molecule has 1 saturated heterocycles. The lowest BCUT2D eigenvalue weighted by Gasteiger charge is -2.42. The van der Waals surface area contributed by atoms with Gasteiger partial charge in [-0.3, -0.25) is 20.0 Å². The number of aliphatic hydroxyl groups excluding tert-OH is 3. The number of nitrogens with zero attached hydrogens (tertiary/aromatic N) is 1. The van der Waals surface area contributed by atoms with Crippen LogP contribution in [0, 0.1) is 0 Å². The van der Waals surface area contributed by atoms with Crippen molar-refractivity contribution in [2.45, 2.75) is 37.5 Å². The summed E-state index contributed by atoms with van der Waals surface area (Å²) in [6, 6.07) is 1.97. The molecule has 0 bridgehead atoms. The Bertz CT molecular complexity index is 572. The van der Waals surface area contributed by atoms with Crippen LogP contribution in [0.25, 0.3) is 0 Å². The third kappa shape index (κ3) is 4.24. The van der Waals surface area contributed by atoms with Gasteiger partial charge in [-0.05, 0) is 12.1 Å². The second-order valence-corrected chi connectivity index (χ2v) is 5.32. The summed E-state index contributed by atoms with van der Waals surface area (Å²) in [5, 5.41) is 31.7.